The van der Waals surface area contributed by atoms with E-state index in [2.05, 4.69) is 37.4 Å². The van der Waals surface area contributed by atoms with Crippen LogP contribution in [0.25, 0.3) is 0 Å². The lowest BCUT2D eigenvalue weighted by Gasteiger charge is -2.15. The number of rotatable bonds is 6. The zero-order valence-corrected chi connectivity index (χ0v) is 10.9. The standard InChI is InChI=1S/C15H23NO/c1-12-7-13(2)9-14(8-12)10-16-11-15(3-4-15)5-6-17/h7-9,16-17H,3-6,10-11H2,1-2H3. The average molecular weight is 233 g/mol. The molecule has 2 N–H and O–H groups in total. The fraction of sp³-hybridized carbons (Fsp3) is 0.600. The molecule has 0 saturated heterocycles. The second-order valence-electron chi connectivity index (χ2n) is 5.57. The summed E-state index contributed by atoms with van der Waals surface area (Å²) >= 11 is 0. The molecular weight excluding hydrogens is 210 g/mol. The van der Waals surface area contributed by atoms with E-state index in [0.717, 1.165) is 19.5 Å². The Morgan fingerprint density at radius 3 is 2.35 bits per heavy atom. The molecule has 1 aromatic carbocycles. The Morgan fingerprint density at radius 2 is 1.82 bits per heavy atom. The zero-order chi connectivity index (χ0) is 12.3. The van der Waals surface area contributed by atoms with E-state index in [1.54, 1.807) is 0 Å². The summed E-state index contributed by atoms with van der Waals surface area (Å²) in [4.78, 5) is 0. The summed E-state index contributed by atoms with van der Waals surface area (Å²) in [6.45, 7) is 6.59. The third-order valence-electron chi connectivity index (χ3n) is 3.71. The van der Waals surface area contributed by atoms with Gasteiger partial charge in [0.25, 0.3) is 0 Å². The summed E-state index contributed by atoms with van der Waals surface area (Å²) < 4.78 is 0. The van der Waals surface area contributed by atoms with Crippen molar-refractivity contribution in [3.05, 3.63) is 34.9 Å². The molecule has 0 aliphatic heterocycles. The minimum absolute atomic E-state index is 0.325. The minimum atomic E-state index is 0.325. The molecule has 0 heterocycles. The fourth-order valence-electron chi connectivity index (χ4n) is 2.57. The van der Waals surface area contributed by atoms with Gasteiger partial charge in [-0.2, -0.15) is 0 Å². The fourth-order valence-corrected chi connectivity index (χ4v) is 2.57. The average Bonchev–Trinajstić information content (AvgIpc) is 2.97. The van der Waals surface area contributed by atoms with Crippen LogP contribution >= 0.6 is 0 Å². The number of aliphatic hydroxyl groups excluding tert-OH is 1. The van der Waals surface area contributed by atoms with Gasteiger partial charge < -0.3 is 10.4 Å². The van der Waals surface area contributed by atoms with E-state index in [1.807, 2.05) is 0 Å². The number of aliphatic hydroxyl groups is 1. The maximum Gasteiger partial charge on any atom is 0.0436 e. The summed E-state index contributed by atoms with van der Waals surface area (Å²) in [5.74, 6) is 0. The smallest absolute Gasteiger partial charge is 0.0436 e. The van der Waals surface area contributed by atoms with Crippen LogP contribution < -0.4 is 5.32 Å². The predicted octanol–water partition coefficient (Wildman–Crippen LogP) is 2.56. The first-order valence-corrected chi connectivity index (χ1v) is 6.52. The normalized spacial score (nSPS) is 17.1. The number of aryl methyl sites for hydroxylation is 2. The van der Waals surface area contributed by atoms with Gasteiger partial charge in [0, 0.05) is 19.7 Å². The number of benzene rings is 1. The molecule has 2 rings (SSSR count). The first-order valence-electron chi connectivity index (χ1n) is 6.52. The molecular formula is C15H23NO. The molecule has 2 nitrogen and oxygen atoms in total. The van der Waals surface area contributed by atoms with Crippen LogP contribution in [0.5, 0.6) is 0 Å². The van der Waals surface area contributed by atoms with Crippen molar-refractivity contribution in [2.75, 3.05) is 13.2 Å². The molecule has 0 aromatic heterocycles. The third-order valence-corrected chi connectivity index (χ3v) is 3.71. The maximum atomic E-state index is 9.00. The van der Waals surface area contributed by atoms with Crippen LogP contribution in [-0.2, 0) is 6.54 Å². The third kappa shape index (κ3) is 3.55. The minimum Gasteiger partial charge on any atom is -0.396 e. The first-order chi connectivity index (χ1) is 8.13. The number of hydrogen-bond donors (Lipinski definition) is 2. The molecule has 2 heteroatoms. The molecule has 1 aliphatic carbocycles. The van der Waals surface area contributed by atoms with E-state index in [0.29, 0.717) is 12.0 Å². The van der Waals surface area contributed by atoms with Gasteiger partial charge in [0.2, 0.25) is 0 Å². The van der Waals surface area contributed by atoms with Gasteiger partial charge in [0.1, 0.15) is 0 Å². The second-order valence-corrected chi connectivity index (χ2v) is 5.57. The van der Waals surface area contributed by atoms with Crippen molar-refractivity contribution in [1.82, 2.24) is 5.32 Å². The van der Waals surface area contributed by atoms with Crippen molar-refractivity contribution in [1.29, 1.82) is 0 Å². The Morgan fingerprint density at radius 1 is 1.18 bits per heavy atom. The van der Waals surface area contributed by atoms with Gasteiger partial charge in [-0.3, -0.25) is 0 Å². The monoisotopic (exact) mass is 233 g/mol. The first kappa shape index (κ1) is 12.6. The number of nitrogens with one attached hydrogen (secondary N) is 1. The molecule has 1 aromatic rings. The van der Waals surface area contributed by atoms with Gasteiger partial charge in [-0.25, -0.2) is 0 Å². The Balaban J connectivity index is 1.82. The largest absolute Gasteiger partial charge is 0.396 e. The quantitative estimate of drug-likeness (QED) is 0.791. The summed E-state index contributed by atoms with van der Waals surface area (Å²) in [6, 6.07) is 6.69. The van der Waals surface area contributed by atoms with Crippen molar-refractivity contribution in [2.24, 2.45) is 5.41 Å². The molecule has 0 atom stereocenters. The molecule has 0 unspecified atom stereocenters. The molecule has 0 spiro atoms. The highest BCUT2D eigenvalue weighted by molar-refractivity contribution is 5.28. The Hall–Kier alpha value is -0.860. The Labute approximate surface area is 104 Å². The topological polar surface area (TPSA) is 32.3 Å². The molecule has 1 saturated carbocycles. The molecule has 0 amide bonds. The van der Waals surface area contributed by atoms with Gasteiger partial charge in [0.15, 0.2) is 0 Å². The second kappa shape index (κ2) is 5.19. The molecule has 0 radical (unpaired) electrons. The van der Waals surface area contributed by atoms with Crippen molar-refractivity contribution in [3.63, 3.8) is 0 Å². The molecule has 1 fully saturated rings. The van der Waals surface area contributed by atoms with Gasteiger partial charge >= 0.3 is 0 Å². The van der Waals surface area contributed by atoms with Crippen LogP contribution in [0.2, 0.25) is 0 Å². The lowest BCUT2D eigenvalue weighted by atomic mass is 10.0. The van der Waals surface area contributed by atoms with E-state index in [1.165, 1.54) is 29.5 Å². The summed E-state index contributed by atoms with van der Waals surface area (Å²) in [5, 5.41) is 12.5. The lowest BCUT2D eigenvalue weighted by molar-refractivity contribution is 0.245. The highest BCUT2D eigenvalue weighted by Gasteiger charge is 2.41. The van der Waals surface area contributed by atoms with E-state index >= 15 is 0 Å². The van der Waals surface area contributed by atoms with Crippen LogP contribution in [0.1, 0.15) is 36.0 Å². The summed E-state index contributed by atoms with van der Waals surface area (Å²) in [6.07, 6.45) is 3.49. The Bertz CT molecular complexity index is 362. The van der Waals surface area contributed by atoms with Gasteiger partial charge in [0.05, 0.1) is 0 Å². The van der Waals surface area contributed by atoms with Crippen LogP contribution in [0.3, 0.4) is 0 Å². The van der Waals surface area contributed by atoms with Crippen LogP contribution in [-0.4, -0.2) is 18.3 Å². The summed E-state index contributed by atoms with van der Waals surface area (Å²) in [5.41, 5.74) is 4.44. The van der Waals surface area contributed by atoms with Crippen molar-refractivity contribution < 1.29 is 5.11 Å². The Kier molecular flexibility index (Phi) is 3.85. The summed E-state index contributed by atoms with van der Waals surface area (Å²) in [7, 11) is 0. The SMILES string of the molecule is Cc1cc(C)cc(CNCC2(CCO)CC2)c1. The van der Waals surface area contributed by atoms with Crippen molar-refractivity contribution >= 4 is 0 Å². The molecule has 0 bridgehead atoms. The van der Waals surface area contributed by atoms with Crippen molar-refractivity contribution in [2.45, 2.75) is 39.7 Å². The highest BCUT2D eigenvalue weighted by atomic mass is 16.3. The molecule has 17 heavy (non-hydrogen) atoms. The molecule has 1 aliphatic rings. The van der Waals surface area contributed by atoms with E-state index < -0.39 is 0 Å². The predicted molar refractivity (Wildman–Crippen MR) is 71.0 cm³/mol. The van der Waals surface area contributed by atoms with Gasteiger partial charge in [-0.1, -0.05) is 29.3 Å². The van der Waals surface area contributed by atoms with Crippen molar-refractivity contribution in [3.8, 4) is 0 Å². The molecule has 94 valence electrons. The van der Waals surface area contributed by atoms with Gasteiger partial charge in [-0.05, 0) is 44.1 Å². The lowest BCUT2D eigenvalue weighted by Crippen LogP contribution is -2.24. The van der Waals surface area contributed by atoms with Crippen LogP contribution in [0.15, 0.2) is 18.2 Å². The van der Waals surface area contributed by atoms with Crippen LogP contribution in [0, 0.1) is 19.3 Å². The number of hydrogen-bond acceptors (Lipinski definition) is 2. The van der Waals surface area contributed by atoms with E-state index in [-0.39, 0.29) is 0 Å². The van der Waals surface area contributed by atoms with Crippen LogP contribution in [0.4, 0.5) is 0 Å². The maximum absolute atomic E-state index is 9.00. The van der Waals surface area contributed by atoms with Gasteiger partial charge in [-0.15, -0.1) is 0 Å². The zero-order valence-electron chi connectivity index (χ0n) is 10.9. The highest BCUT2D eigenvalue weighted by Crippen LogP contribution is 2.47. The van der Waals surface area contributed by atoms with E-state index in [4.69, 9.17) is 5.11 Å². The van der Waals surface area contributed by atoms with E-state index in [9.17, 15) is 0 Å².